The Morgan fingerprint density at radius 3 is 2.57 bits per heavy atom. The van der Waals surface area contributed by atoms with Gasteiger partial charge in [0, 0.05) is 10.5 Å². The van der Waals surface area contributed by atoms with Crippen LogP contribution in [0.4, 0.5) is 4.39 Å². The number of hydrogen-bond donors (Lipinski definition) is 1. The fraction of sp³-hybridized carbons (Fsp3) is 0.333. The Labute approximate surface area is 134 Å². The van der Waals surface area contributed by atoms with Crippen LogP contribution in [0.15, 0.2) is 53.0 Å². The second-order valence-corrected chi connectivity index (χ2v) is 6.15. The molecule has 0 aliphatic rings. The highest BCUT2D eigenvalue weighted by atomic mass is 79.9. The van der Waals surface area contributed by atoms with Crippen LogP contribution in [0, 0.1) is 5.82 Å². The second kappa shape index (κ2) is 8.30. The Bertz CT molecular complexity index is 536. The molecule has 2 aromatic carbocycles. The summed E-state index contributed by atoms with van der Waals surface area (Å²) >= 11 is 3.38. The van der Waals surface area contributed by atoms with Gasteiger partial charge in [0.2, 0.25) is 0 Å². The SMILES string of the molecule is CCCNC(CCc1ccccc1)c1cc(F)cc(Br)c1. The third kappa shape index (κ3) is 5.25. The molecule has 0 fully saturated rings. The zero-order valence-corrected chi connectivity index (χ0v) is 13.9. The van der Waals surface area contributed by atoms with E-state index >= 15 is 0 Å². The standard InChI is InChI=1S/C18H21BrFN/c1-2-10-21-18(9-8-14-6-4-3-5-7-14)15-11-16(19)13-17(20)12-15/h3-7,11-13,18,21H,2,8-10H2,1H3. The molecule has 1 N–H and O–H groups in total. The van der Waals surface area contributed by atoms with Gasteiger partial charge in [0.05, 0.1) is 0 Å². The summed E-state index contributed by atoms with van der Waals surface area (Å²) in [6.07, 6.45) is 3.01. The Morgan fingerprint density at radius 1 is 1.14 bits per heavy atom. The minimum absolute atomic E-state index is 0.178. The first-order valence-electron chi connectivity index (χ1n) is 7.42. The van der Waals surface area contributed by atoms with Crippen molar-refractivity contribution in [3.63, 3.8) is 0 Å². The Kier molecular flexibility index (Phi) is 6.40. The molecule has 0 aliphatic heterocycles. The number of halogens is 2. The fourth-order valence-corrected chi connectivity index (χ4v) is 2.92. The van der Waals surface area contributed by atoms with Gasteiger partial charge in [-0.2, -0.15) is 0 Å². The van der Waals surface area contributed by atoms with Gasteiger partial charge < -0.3 is 5.32 Å². The van der Waals surface area contributed by atoms with Crippen LogP contribution < -0.4 is 5.32 Å². The van der Waals surface area contributed by atoms with Gasteiger partial charge in [0.25, 0.3) is 0 Å². The summed E-state index contributed by atoms with van der Waals surface area (Å²) in [5.74, 6) is -0.192. The van der Waals surface area contributed by atoms with Gasteiger partial charge in [-0.1, -0.05) is 53.2 Å². The maximum absolute atomic E-state index is 13.6. The molecular formula is C18H21BrFN. The van der Waals surface area contributed by atoms with Crippen LogP contribution in [0.5, 0.6) is 0 Å². The average Bonchev–Trinajstić information content (AvgIpc) is 2.47. The molecule has 0 heterocycles. The molecule has 0 amide bonds. The Morgan fingerprint density at radius 2 is 1.90 bits per heavy atom. The van der Waals surface area contributed by atoms with E-state index in [1.54, 1.807) is 6.07 Å². The maximum Gasteiger partial charge on any atom is 0.124 e. The Balaban J connectivity index is 2.10. The molecule has 1 unspecified atom stereocenters. The third-order valence-corrected chi connectivity index (χ3v) is 3.95. The monoisotopic (exact) mass is 349 g/mol. The second-order valence-electron chi connectivity index (χ2n) is 5.23. The summed E-state index contributed by atoms with van der Waals surface area (Å²) in [5.41, 5.74) is 2.32. The molecule has 2 rings (SSSR count). The van der Waals surface area contributed by atoms with E-state index in [9.17, 15) is 4.39 Å². The van der Waals surface area contributed by atoms with E-state index < -0.39 is 0 Å². The summed E-state index contributed by atoms with van der Waals surface area (Å²) in [5, 5.41) is 3.52. The maximum atomic E-state index is 13.6. The predicted octanol–water partition coefficient (Wildman–Crippen LogP) is 5.26. The van der Waals surface area contributed by atoms with E-state index in [1.807, 2.05) is 12.1 Å². The van der Waals surface area contributed by atoms with E-state index in [4.69, 9.17) is 0 Å². The molecule has 21 heavy (non-hydrogen) atoms. The molecule has 0 spiro atoms. The minimum atomic E-state index is -0.192. The fourth-order valence-electron chi connectivity index (χ4n) is 2.44. The van der Waals surface area contributed by atoms with Crippen molar-refractivity contribution >= 4 is 15.9 Å². The molecule has 0 aromatic heterocycles. The van der Waals surface area contributed by atoms with Crippen molar-refractivity contribution in [2.45, 2.75) is 32.2 Å². The number of aryl methyl sites for hydroxylation is 1. The smallest absolute Gasteiger partial charge is 0.124 e. The van der Waals surface area contributed by atoms with Crippen LogP contribution in [0.25, 0.3) is 0 Å². The van der Waals surface area contributed by atoms with Crippen molar-refractivity contribution < 1.29 is 4.39 Å². The van der Waals surface area contributed by atoms with Gasteiger partial charge in [-0.15, -0.1) is 0 Å². The lowest BCUT2D eigenvalue weighted by Crippen LogP contribution is -2.23. The lowest BCUT2D eigenvalue weighted by atomic mass is 9.98. The van der Waals surface area contributed by atoms with E-state index in [0.717, 1.165) is 35.8 Å². The number of nitrogens with one attached hydrogen (secondary N) is 1. The van der Waals surface area contributed by atoms with E-state index in [2.05, 4.69) is 52.4 Å². The van der Waals surface area contributed by atoms with Crippen LogP contribution in [0.1, 0.15) is 36.9 Å². The van der Waals surface area contributed by atoms with Crippen molar-refractivity contribution in [1.82, 2.24) is 5.32 Å². The first kappa shape index (κ1) is 16.2. The molecule has 0 radical (unpaired) electrons. The van der Waals surface area contributed by atoms with Crippen LogP contribution in [0.2, 0.25) is 0 Å². The van der Waals surface area contributed by atoms with Gasteiger partial charge in [-0.3, -0.25) is 0 Å². The molecule has 1 atom stereocenters. The van der Waals surface area contributed by atoms with Crippen molar-refractivity contribution in [3.05, 3.63) is 69.9 Å². The highest BCUT2D eigenvalue weighted by Crippen LogP contribution is 2.24. The summed E-state index contributed by atoms with van der Waals surface area (Å²) in [7, 11) is 0. The largest absolute Gasteiger partial charge is 0.310 e. The predicted molar refractivity (Wildman–Crippen MR) is 89.9 cm³/mol. The zero-order valence-electron chi connectivity index (χ0n) is 12.3. The summed E-state index contributed by atoms with van der Waals surface area (Å²) in [6.45, 7) is 3.08. The van der Waals surface area contributed by atoms with Crippen molar-refractivity contribution in [2.75, 3.05) is 6.54 Å². The van der Waals surface area contributed by atoms with Crippen LogP contribution in [-0.2, 0) is 6.42 Å². The molecule has 0 saturated heterocycles. The van der Waals surface area contributed by atoms with Crippen molar-refractivity contribution in [1.29, 1.82) is 0 Å². The lowest BCUT2D eigenvalue weighted by molar-refractivity contribution is 0.495. The summed E-state index contributed by atoms with van der Waals surface area (Å²) < 4.78 is 14.4. The van der Waals surface area contributed by atoms with Gasteiger partial charge in [-0.05, 0) is 55.1 Å². The van der Waals surface area contributed by atoms with Crippen LogP contribution in [0.3, 0.4) is 0 Å². The van der Waals surface area contributed by atoms with Crippen LogP contribution in [-0.4, -0.2) is 6.54 Å². The quantitative estimate of drug-likeness (QED) is 0.718. The van der Waals surface area contributed by atoms with Crippen LogP contribution >= 0.6 is 15.9 Å². The number of benzene rings is 2. The molecule has 0 aliphatic carbocycles. The number of rotatable bonds is 7. The molecule has 0 bridgehead atoms. The minimum Gasteiger partial charge on any atom is -0.310 e. The van der Waals surface area contributed by atoms with Gasteiger partial charge in [0.15, 0.2) is 0 Å². The van der Waals surface area contributed by atoms with E-state index in [1.165, 1.54) is 11.6 Å². The highest BCUT2D eigenvalue weighted by Gasteiger charge is 2.12. The van der Waals surface area contributed by atoms with Gasteiger partial charge in [0.1, 0.15) is 5.82 Å². The normalized spacial score (nSPS) is 12.3. The average molecular weight is 350 g/mol. The van der Waals surface area contributed by atoms with Crippen molar-refractivity contribution in [2.24, 2.45) is 0 Å². The summed E-state index contributed by atoms with van der Waals surface area (Å²) in [4.78, 5) is 0. The first-order chi connectivity index (χ1) is 10.2. The van der Waals surface area contributed by atoms with E-state index in [0.29, 0.717) is 0 Å². The number of hydrogen-bond acceptors (Lipinski definition) is 1. The summed E-state index contributed by atoms with van der Waals surface area (Å²) in [6, 6.07) is 15.7. The Hall–Kier alpha value is -1.19. The molecule has 3 heteroatoms. The molecular weight excluding hydrogens is 329 g/mol. The third-order valence-electron chi connectivity index (χ3n) is 3.49. The highest BCUT2D eigenvalue weighted by molar-refractivity contribution is 9.10. The molecule has 1 nitrogen and oxygen atoms in total. The van der Waals surface area contributed by atoms with Gasteiger partial charge in [-0.25, -0.2) is 4.39 Å². The molecule has 0 saturated carbocycles. The lowest BCUT2D eigenvalue weighted by Gasteiger charge is -2.19. The molecule has 112 valence electrons. The van der Waals surface area contributed by atoms with Gasteiger partial charge >= 0.3 is 0 Å². The van der Waals surface area contributed by atoms with E-state index in [-0.39, 0.29) is 11.9 Å². The zero-order chi connectivity index (χ0) is 15.1. The molecule has 2 aromatic rings. The first-order valence-corrected chi connectivity index (χ1v) is 8.21. The topological polar surface area (TPSA) is 12.0 Å². The van der Waals surface area contributed by atoms with Crippen molar-refractivity contribution in [3.8, 4) is 0 Å².